The van der Waals surface area contributed by atoms with Gasteiger partial charge in [-0.2, -0.15) is 0 Å². The highest BCUT2D eigenvalue weighted by Gasteiger charge is 2.43. The molecule has 3 fully saturated rings. The zero-order valence-corrected chi connectivity index (χ0v) is 27.7. The van der Waals surface area contributed by atoms with Crippen LogP contribution in [-0.2, 0) is 19.2 Å². The summed E-state index contributed by atoms with van der Waals surface area (Å²) in [6, 6.07) is -1.68. The minimum Gasteiger partial charge on any atom is -0.352 e. The maximum Gasteiger partial charge on any atom is 0.245 e. The molecule has 3 rings (SSSR count). The van der Waals surface area contributed by atoms with Crippen LogP contribution in [-0.4, -0.2) is 120 Å². The van der Waals surface area contributed by atoms with Crippen LogP contribution in [0.4, 0.5) is 0 Å². The van der Waals surface area contributed by atoms with Crippen molar-refractivity contribution in [1.82, 2.24) is 30.2 Å². The Hall–Kier alpha value is -2.20. The van der Waals surface area contributed by atoms with Crippen LogP contribution in [0.1, 0.15) is 93.4 Å². The number of amides is 4. The molecular formula is C32H58N6O4. The first-order valence-corrected chi connectivity index (χ1v) is 16.3. The van der Waals surface area contributed by atoms with E-state index in [1.807, 2.05) is 48.7 Å². The van der Waals surface area contributed by atoms with Gasteiger partial charge in [-0.3, -0.25) is 29.0 Å². The van der Waals surface area contributed by atoms with E-state index in [1.54, 1.807) is 9.80 Å². The molecule has 3 heterocycles. The molecular weight excluding hydrogens is 532 g/mol. The summed E-state index contributed by atoms with van der Waals surface area (Å²) < 4.78 is 0. The van der Waals surface area contributed by atoms with Crippen LogP contribution < -0.4 is 10.6 Å². The van der Waals surface area contributed by atoms with E-state index in [0.717, 1.165) is 51.6 Å². The Kier molecular flexibility index (Phi) is 11.9. The van der Waals surface area contributed by atoms with Gasteiger partial charge < -0.3 is 20.4 Å². The van der Waals surface area contributed by atoms with E-state index in [9.17, 15) is 19.2 Å². The van der Waals surface area contributed by atoms with Crippen molar-refractivity contribution >= 4 is 23.6 Å². The molecule has 10 heteroatoms. The van der Waals surface area contributed by atoms with Crippen LogP contribution in [0.3, 0.4) is 0 Å². The van der Waals surface area contributed by atoms with E-state index < -0.39 is 17.5 Å². The normalized spacial score (nSPS) is 25.5. The maximum absolute atomic E-state index is 14.1. The molecule has 0 aromatic heterocycles. The molecule has 42 heavy (non-hydrogen) atoms. The van der Waals surface area contributed by atoms with Gasteiger partial charge in [0, 0.05) is 32.2 Å². The van der Waals surface area contributed by atoms with Gasteiger partial charge in [0.25, 0.3) is 0 Å². The third-order valence-electron chi connectivity index (χ3n) is 9.43. The largest absolute Gasteiger partial charge is 0.352 e. The lowest BCUT2D eigenvalue weighted by atomic mass is 9.84. The maximum atomic E-state index is 14.1. The van der Waals surface area contributed by atoms with Crippen molar-refractivity contribution in [1.29, 1.82) is 0 Å². The molecule has 10 nitrogen and oxygen atoms in total. The van der Waals surface area contributed by atoms with Crippen LogP contribution in [0.15, 0.2) is 0 Å². The highest BCUT2D eigenvalue weighted by molar-refractivity contribution is 5.91. The number of hydrogen-bond donors (Lipinski definition) is 2. The zero-order valence-electron chi connectivity index (χ0n) is 27.7. The molecule has 2 N–H and O–H groups in total. The average Bonchev–Trinajstić information content (AvgIpc) is 3.58. The van der Waals surface area contributed by atoms with Gasteiger partial charge in [-0.05, 0) is 83.8 Å². The van der Waals surface area contributed by atoms with E-state index in [1.165, 1.54) is 0 Å². The van der Waals surface area contributed by atoms with Crippen molar-refractivity contribution in [2.45, 2.75) is 130 Å². The first-order chi connectivity index (χ1) is 19.6. The van der Waals surface area contributed by atoms with Crippen LogP contribution in [0, 0.1) is 11.3 Å². The number of nitrogens with zero attached hydrogens (tertiary/aromatic N) is 4. The second kappa shape index (κ2) is 14.5. The molecule has 0 radical (unpaired) electrons. The molecule has 240 valence electrons. The molecule has 3 aliphatic rings. The molecule has 0 unspecified atom stereocenters. The molecule has 3 aliphatic heterocycles. The Balaban J connectivity index is 1.73. The summed E-state index contributed by atoms with van der Waals surface area (Å²) in [5.41, 5.74) is -0.469. The Morgan fingerprint density at radius 1 is 0.810 bits per heavy atom. The summed E-state index contributed by atoms with van der Waals surface area (Å²) >= 11 is 0. The SMILES string of the molecule is CC(C)NC(=O)[C@@H]1CCCN1C(=O)[C@@H]1CCCN1C[C@H](C(C)C)N(C)C(=O)[C@@H](NC(=O)[C@H]1CCCCN1C)C(C)(C)C. The van der Waals surface area contributed by atoms with Crippen molar-refractivity contribution in [3.8, 4) is 0 Å². The monoisotopic (exact) mass is 590 g/mol. The Morgan fingerprint density at radius 2 is 1.40 bits per heavy atom. The van der Waals surface area contributed by atoms with E-state index in [0.29, 0.717) is 19.5 Å². The standard InChI is InChI=1S/C32H58N6O4/c1-21(2)26(36(9)31(42)27(32(5,6)7)34-28(39)23-14-10-11-17-35(23)8)20-37-18-12-16-25(37)30(41)38-19-13-15-24(38)29(40)33-22(3)4/h21-27H,10-20H2,1-9H3,(H,33,40)(H,34,39)/t23-,24+,25+,26-,27-/m1/s1. The van der Waals surface area contributed by atoms with Gasteiger partial charge in [0.2, 0.25) is 23.6 Å². The van der Waals surface area contributed by atoms with Crippen molar-refractivity contribution in [2.24, 2.45) is 11.3 Å². The number of piperidine rings is 1. The minimum absolute atomic E-state index is 0.0295. The lowest BCUT2D eigenvalue weighted by Crippen LogP contribution is -2.61. The highest BCUT2D eigenvalue weighted by Crippen LogP contribution is 2.28. The lowest BCUT2D eigenvalue weighted by molar-refractivity contribution is -0.144. The second-order valence-electron chi connectivity index (χ2n) is 14.6. The third-order valence-corrected chi connectivity index (χ3v) is 9.43. The number of likely N-dealkylation sites (N-methyl/N-ethyl adjacent to an activating group) is 2. The van der Waals surface area contributed by atoms with E-state index in [-0.39, 0.29) is 53.7 Å². The summed E-state index contributed by atoms with van der Waals surface area (Å²) in [7, 11) is 3.82. The van der Waals surface area contributed by atoms with E-state index >= 15 is 0 Å². The topological polar surface area (TPSA) is 105 Å². The average molecular weight is 591 g/mol. The fourth-order valence-corrected chi connectivity index (χ4v) is 6.88. The molecule has 0 saturated carbocycles. The number of hydrogen-bond acceptors (Lipinski definition) is 6. The van der Waals surface area contributed by atoms with E-state index in [4.69, 9.17) is 0 Å². The van der Waals surface area contributed by atoms with Gasteiger partial charge in [-0.1, -0.05) is 41.0 Å². The fourth-order valence-electron chi connectivity index (χ4n) is 6.88. The van der Waals surface area contributed by atoms with Crippen LogP contribution >= 0.6 is 0 Å². The first-order valence-electron chi connectivity index (χ1n) is 16.3. The van der Waals surface area contributed by atoms with Gasteiger partial charge in [-0.25, -0.2) is 0 Å². The highest BCUT2D eigenvalue weighted by atomic mass is 16.2. The Morgan fingerprint density at radius 3 is 2.00 bits per heavy atom. The molecule has 0 aromatic carbocycles. The third kappa shape index (κ3) is 8.24. The first kappa shape index (κ1) is 34.3. The van der Waals surface area contributed by atoms with Gasteiger partial charge in [-0.15, -0.1) is 0 Å². The van der Waals surface area contributed by atoms with Gasteiger partial charge in [0.1, 0.15) is 12.1 Å². The molecule has 5 atom stereocenters. The van der Waals surface area contributed by atoms with Crippen LogP contribution in [0.25, 0.3) is 0 Å². The molecule has 3 saturated heterocycles. The molecule has 0 spiro atoms. The lowest BCUT2D eigenvalue weighted by Gasteiger charge is -2.41. The fraction of sp³-hybridized carbons (Fsp3) is 0.875. The summed E-state index contributed by atoms with van der Waals surface area (Å²) in [5.74, 6) is -0.0679. The summed E-state index contributed by atoms with van der Waals surface area (Å²) in [5, 5.41) is 6.12. The molecule has 0 aromatic rings. The number of carbonyl (C=O) groups excluding carboxylic acids is 4. The number of nitrogens with one attached hydrogen (secondary N) is 2. The number of rotatable bonds is 10. The van der Waals surface area contributed by atoms with Gasteiger partial charge in [0.15, 0.2) is 0 Å². The minimum atomic E-state index is -0.660. The van der Waals surface area contributed by atoms with Gasteiger partial charge >= 0.3 is 0 Å². The molecule has 4 amide bonds. The van der Waals surface area contributed by atoms with Crippen molar-refractivity contribution in [2.75, 3.05) is 40.3 Å². The Labute approximate surface area is 254 Å². The summed E-state index contributed by atoms with van der Waals surface area (Å²) in [4.78, 5) is 62.0. The van der Waals surface area contributed by atoms with Crippen molar-refractivity contribution < 1.29 is 19.2 Å². The summed E-state index contributed by atoms with van der Waals surface area (Å²) in [6.07, 6.45) is 6.10. The molecule has 0 aliphatic carbocycles. The number of carbonyl (C=O) groups is 4. The van der Waals surface area contributed by atoms with E-state index in [2.05, 4.69) is 34.3 Å². The van der Waals surface area contributed by atoms with Crippen molar-refractivity contribution in [3.05, 3.63) is 0 Å². The summed E-state index contributed by atoms with van der Waals surface area (Å²) in [6.45, 7) is 16.9. The van der Waals surface area contributed by atoms with Crippen molar-refractivity contribution in [3.63, 3.8) is 0 Å². The molecule has 0 bridgehead atoms. The second-order valence-corrected chi connectivity index (χ2v) is 14.6. The van der Waals surface area contributed by atoms with Gasteiger partial charge in [0.05, 0.1) is 12.1 Å². The predicted octanol–water partition coefficient (Wildman–Crippen LogP) is 2.46. The smallest absolute Gasteiger partial charge is 0.245 e. The quantitative estimate of drug-likeness (QED) is 0.405. The number of likely N-dealkylation sites (tertiary alicyclic amines) is 3. The van der Waals surface area contributed by atoms with Crippen LogP contribution in [0.2, 0.25) is 0 Å². The zero-order chi connectivity index (χ0) is 31.4. The predicted molar refractivity (Wildman–Crippen MR) is 166 cm³/mol. The Bertz CT molecular complexity index is 963. The van der Waals surface area contributed by atoms with Crippen LogP contribution in [0.5, 0.6) is 0 Å².